The van der Waals surface area contributed by atoms with Crippen molar-refractivity contribution in [2.75, 3.05) is 27.2 Å². The number of hydrogen-bond acceptors (Lipinski definition) is 4. The average Bonchev–Trinajstić information content (AvgIpc) is 3.23. The predicted octanol–water partition coefficient (Wildman–Crippen LogP) is 4.29. The Morgan fingerprint density at radius 1 is 1.03 bits per heavy atom. The van der Waals surface area contributed by atoms with E-state index >= 15 is 0 Å². The van der Waals surface area contributed by atoms with E-state index in [4.69, 9.17) is 4.74 Å². The van der Waals surface area contributed by atoms with Crippen LogP contribution in [0.1, 0.15) is 29.5 Å². The fourth-order valence-corrected chi connectivity index (χ4v) is 4.24. The number of benzene rings is 2. The molecule has 158 valence electrons. The molecule has 1 saturated heterocycles. The molecule has 0 aliphatic carbocycles. The zero-order valence-corrected chi connectivity index (χ0v) is 18.3. The van der Waals surface area contributed by atoms with Crippen LogP contribution < -0.4 is 4.74 Å². The van der Waals surface area contributed by atoms with Crippen molar-refractivity contribution in [2.24, 2.45) is 0 Å². The van der Waals surface area contributed by atoms with Crippen LogP contribution in [0.2, 0.25) is 0 Å². The SMILES string of the molecule is COc1ccccc1CN(Cc1cnn(-c2ccc(C)cc2)c1)C1CCN(C)CC1. The van der Waals surface area contributed by atoms with Gasteiger partial charge >= 0.3 is 0 Å². The summed E-state index contributed by atoms with van der Waals surface area (Å²) >= 11 is 0. The first-order valence-electron chi connectivity index (χ1n) is 10.8. The monoisotopic (exact) mass is 404 g/mol. The second-order valence-electron chi connectivity index (χ2n) is 8.38. The highest BCUT2D eigenvalue weighted by Crippen LogP contribution is 2.25. The maximum absolute atomic E-state index is 5.62. The lowest BCUT2D eigenvalue weighted by molar-refractivity contribution is 0.107. The minimum atomic E-state index is 0.564. The summed E-state index contributed by atoms with van der Waals surface area (Å²) in [5.41, 5.74) is 4.84. The molecular formula is C25H32N4O. The molecule has 1 aromatic heterocycles. The van der Waals surface area contributed by atoms with Crippen molar-refractivity contribution >= 4 is 0 Å². The minimum Gasteiger partial charge on any atom is -0.496 e. The summed E-state index contributed by atoms with van der Waals surface area (Å²) < 4.78 is 7.60. The molecule has 30 heavy (non-hydrogen) atoms. The summed E-state index contributed by atoms with van der Waals surface area (Å²) in [6.45, 7) is 6.17. The van der Waals surface area contributed by atoms with Gasteiger partial charge in [0.25, 0.3) is 0 Å². The van der Waals surface area contributed by atoms with Gasteiger partial charge < -0.3 is 9.64 Å². The fourth-order valence-electron chi connectivity index (χ4n) is 4.24. The molecule has 5 heteroatoms. The molecule has 3 aromatic rings. The van der Waals surface area contributed by atoms with E-state index in [1.807, 2.05) is 16.9 Å². The summed E-state index contributed by atoms with van der Waals surface area (Å²) in [7, 11) is 3.97. The third-order valence-corrected chi connectivity index (χ3v) is 6.09. The number of nitrogens with zero attached hydrogens (tertiary/aromatic N) is 4. The van der Waals surface area contributed by atoms with Crippen molar-refractivity contribution in [1.82, 2.24) is 19.6 Å². The van der Waals surface area contributed by atoms with Gasteiger partial charge in [0.05, 0.1) is 19.0 Å². The van der Waals surface area contributed by atoms with Crippen molar-refractivity contribution in [3.63, 3.8) is 0 Å². The number of rotatable bonds is 7. The van der Waals surface area contributed by atoms with Crippen LogP contribution in [0.3, 0.4) is 0 Å². The van der Waals surface area contributed by atoms with Crippen LogP contribution in [0.5, 0.6) is 5.75 Å². The Kier molecular flexibility index (Phi) is 6.50. The zero-order chi connectivity index (χ0) is 20.9. The van der Waals surface area contributed by atoms with E-state index in [0.717, 1.165) is 37.6 Å². The van der Waals surface area contributed by atoms with E-state index in [-0.39, 0.29) is 0 Å². The number of aromatic nitrogens is 2. The lowest BCUT2D eigenvalue weighted by atomic mass is 10.0. The Morgan fingerprint density at radius 3 is 2.50 bits per heavy atom. The highest BCUT2D eigenvalue weighted by molar-refractivity contribution is 5.35. The number of likely N-dealkylation sites (tertiary alicyclic amines) is 1. The van der Waals surface area contributed by atoms with Crippen molar-refractivity contribution in [1.29, 1.82) is 0 Å². The Morgan fingerprint density at radius 2 is 1.77 bits per heavy atom. The summed E-state index contributed by atoms with van der Waals surface area (Å²) in [5.74, 6) is 0.964. The molecule has 0 bridgehead atoms. The smallest absolute Gasteiger partial charge is 0.123 e. The van der Waals surface area contributed by atoms with Gasteiger partial charge in [-0.3, -0.25) is 4.90 Å². The third kappa shape index (κ3) is 4.91. The second kappa shape index (κ2) is 9.45. The maximum atomic E-state index is 5.62. The highest BCUT2D eigenvalue weighted by atomic mass is 16.5. The number of ether oxygens (including phenoxy) is 1. The zero-order valence-electron chi connectivity index (χ0n) is 18.3. The van der Waals surface area contributed by atoms with E-state index in [1.165, 1.54) is 29.5 Å². The first-order chi connectivity index (χ1) is 14.6. The molecule has 0 atom stereocenters. The van der Waals surface area contributed by atoms with Crippen molar-refractivity contribution in [2.45, 2.75) is 38.9 Å². The average molecular weight is 405 g/mol. The van der Waals surface area contributed by atoms with Gasteiger partial charge in [-0.25, -0.2) is 4.68 Å². The lowest BCUT2D eigenvalue weighted by Crippen LogP contribution is -2.43. The molecule has 2 aromatic carbocycles. The maximum Gasteiger partial charge on any atom is 0.123 e. The molecule has 1 aliphatic heterocycles. The van der Waals surface area contributed by atoms with Crippen molar-refractivity contribution < 1.29 is 4.74 Å². The number of aryl methyl sites for hydroxylation is 1. The van der Waals surface area contributed by atoms with Crippen LogP contribution in [-0.4, -0.2) is 52.9 Å². The molecule has 0 spiro atoms. The van der Waals surface area contributed by atoms with Crippen LogP contribution in [0.25, 0.3) is 5.69 Å². The molecule has 0 amide bonds. The number of methoxy groups -OCH3 is 1. The summed E-state index contributed by atoms with van der Waals surface area (Å²) in [4.78, 5) is 5.02. The first-order valence-corrected chi connectivity index (χ1v) is 10.8. The van der Waals surface area contributed by atoms with Gasteiger partial charge in [0.15, 0.2) is 0 Å². The molecule has 0 radical (unpaired) electrons. The third-order valence-electron chi connectivity index (χ3n) is 6.09. The normalized spacial score (nSPS) is 15.6. The lowest BCUT2D eigenvalue weighted by Gasteiger charge is -2.37. The van der Waals surface area contributed by atoms with Crippen molar-refractivity contribution in [3.05, 3.63) is 77.6 Å². The van der Waals surface area contributed by atoms with Gasteiger partial charge in [-0.2, -0.15) is 5.10 Å². The molecule has 0 saturated carbocycles. The largest absolute Gasteiger partial charge is 0.496 e. The fraction of sp³-hybridized carbons (Fsp3) is 0.400. The van der Waals surface area contributed by atoms with Crippen LogP contribution in [-0.2, 0) is 13.1 Å². The van der Waals surface area contributed by atoms with Crippen LogP contribution in [0.15, 0.2) is 60.9 Å². The quantitative estimate of drug-likeness (QED) is 0.588. The Balaban J connectivity index is 1.54. The van der Waals surface area contributed by atoms with Gasteiger partial charge in [-0.1, -0.05) is 35.9 Å². The Labute approximate surface area is 179 Å². The minimum absolute atomic E-state index is 0.564. The summed E-state index contributed by atoms with van der Waals surface area (Å²) in [6, 6.07) is 17.4. The van der Waals surface area contributed by atoms with Gasteiger partial charge in [0, 0.05) is 36.5 Å². The van der Waals surface area contributed by atoms with E-state index in [2.05, 4.69) is 77.5 Å². The molecule has 0 N–H and O–H groups in total. The topological polar surface area (TPSA) is 33.5 Å². The van der Waals surface area contributed by atoms with Gasteiger partial charge in [-0.05, 0) is 58.1 Å². The Hall–Kier alpha value is -2.63. The van der Waals surface area contributed by atoms with E-state index in [1.54, 1.807) is 7.11 Å². The highest BCUT2D eigenvalue weighted by Gasteiger charge is 2.24. The number of para-hydroxylation sites is 1. The molecule has 5 nitrogen and oxygen atoms in total. The van der Waals surface area contributed by atoms with Crippen molar-refractivity contribution in [3.8, 4) is 11.4 Å². The van der Waals surface area contributed by atoms with E-state index in [0.29, 0.717) is 6.04 Å². The van der Waals surface area contributed by atoms with E-state index in [9.17, 15) is 0 Å². The number of piperidine rings is 1. The van der Waals surface area contributed by atoms with E-state index < -0.39 is 0 Å². The Bertz CT molecular complexity index is 942. The van der Waals surface area contributed by atoms with Gasteiger partial charge in [0.2, 0.25) is 0 Å². The molecule has 1 aliphatic rings. The second-order valence-corrected chi connectivity index (χ2v) is 8.38. The number of hydrogen-bond donors (Lipinski definition) is 0. The van der Waals surface area contributed by atoms with Crippen LogP contribution in [0, 0.1) is 6.92 Å². The van der Waals surface area contributed by atoms with Crippen LogP contribution >= 0.6 is 0 Å². The standard InChI is InChI=1S/C25H32N4O/c1-20-8-10-24(11-9-20)29-18-21(16-26-29)17-28(23-12-14-27(2)15-13-23)19-22-6-4-5-7-25(22)30-3/h4-11,16,18,23H,12-15,17,19H2,1-3H3. The molecule has 0 unspecified atom stereocenters. The molecular weight excluding hydrogens is 372 g/mol. The van der Waals surface area contributed by atoms with Gasteiger partial charge in [-0.15, -0.1) is 0 Å². The van der Waals surface area contributed by atoms with Gasteiger partial charge in [0.1, 0.15) is 5.75 Å². The summed E-state index contributed by atoms with van der Waals surface area (Å²) in [5, 5.41) is 4.62. The van der Waals surface area contributed by atoms with Crippen LogP contribution in [0.4, 0.5) is 0 Å². The molecule has 4 rings (SSSR count). The summed E-state index contributed by atoms with van der Waals surface area (Å²) in [6.07, 6.45) is 6.55. The first kappa shape index (κ1) is 20.6. The molecule has 1 fully saturated rings. The molecule has 2 heterocycles. The predicted molar refractivity (Wildman–Crippen MR) is 121 cm³/mol.